The Balaban J connectivity index is 2.43. The molecule has 1 aromatic carbocycles. The van der Waals surface area contributed by atoms with Crippen LogP contribution in [0.4, 0.5) is 0 Å². The highest BCUT2D eigenvalue weighted by Gasteiger charge is 2.28. The number of hydrogen-bond donors (Lipinski definition) is 3. The normalized spacial score (nSPS) is 22.1. The van der Waals surface area contributed by atoms with Crippen molar-refractivity contribution in [1.82, 2.24) is 5.32 Å². The SMILES string of the molecule is COc1ccc(C2(N)N=C(N)C=CN2)cc1OC. The molecule has 5 N–H and O–H groups in total. The standard InChI is InChI=1S/C12H16N4O2/c1-17-9-4-3-8(7-10(9)18-2)12(14)15-6-5-11(13)16-12/h3-7,15H,14H2,1-2H3,(H2,13,16). The molecule has 0 radical (unpaired) electrons. The first kappa shape index (κ1) is 12.3. The molecule has 0 bridgehead atoms. The average Bonchev–Trinajstić information content (AvgIpc) is 2.37. The molecule has 0 spiro atoms. The van der Waals surface area contributed by atoms with Crippen molar-refractivity contribution in [2.45, 2.75) is 5.79 Å². The predicted molar refractivity (Wildman–Crippen MR) is 69.3 cm³/mol. The van der Waals surface area contributed by atoms with E-state index in [1.807, 2.05) is 6.07 Å². The first-order chi connectivity index (χ1) is 8.59. The highest BCUT2D eigenvalue weighted by molar-refractivity contribution is 5.92. The molecule has 1 atom stereocenters. The molecule has 1 aliphatic rings. The van der Waals surface area contributed by atoms with Crippen molar-refractivity contribution in [2.24, 2.45) is 16.5 Å². The van der Waals surface area contributed by atoms with Crippen LogP contribution in [0.15, 0.2) is 35.5 Å². The van der Waals surface area contributed by atoms with Crippen LogP contribution in [0.1, 0.15) is 5.56 Å². The monoisotopic (exact) mass is 248 g/mol. The molecule has 1 heterocycles. The molecule has 1 unspecified atom stereocenters. The van der Waals surface area contributed by atoms with Gasteiger partial charge >= 0.3 is 0 Å². The van der Waals surface area contributed by atoms with Gasteiger partial charge in [0.05, 0.1) is 14.2 Å². The van der Waals surface area contributed by atoms with Crippen molar-refractivity contribution in [2.75, 3.05) is 14.2 Å². The lowest BCUT2D eigenvalue weighted by atomic mass is 10.1. The molecule has 6 heteroatoms. The maximum absolute atomic E-state index is 6.16. The quantitative estimate of drug-likeness (QED) is 0.712. The Labute approximate surface area is 105 Å². The summed E-state index contributed by atoms with van der Waals surface area (Å²) in [6.45, 7) is 0. The number of nitrogens with two attached hydrogens (primary N) is 2. The van der Waals surface area contributed by atoms with Crippen LogP contribution in [-0.2, 0) is 5.79 Å². The molecule has 0 saturated carbocycles. The van der Waals surface area contributed by atoms with Crippen LogP contribution in [0.3, 0.4) is 0 Å². The molecule has 0 saturated heterocycles. The summed E-state index contributed by atoms with van der Waals surface area (Å²) in [5.41, 5.74) is 12.6. The van der Waals surface area contributed by atoms with E-state index in [0.29, 0.717) is 17.3 Å². The molecule has 0 aliphatic carbocycles. The van der Waals surface area contributed by atoms with E-state index in [1.165, 1.54) is 0 Å². The van der Waals surface area contributed by atoms with Gasteiger partial charge in [0.1, 0.15) is 5.84 Å². The van der Waals surface area contributed by atoms with Gasteiger partial charge in [-0.15, -0.1) is 0 Å². The Bertz CT molecular complexity index is 513. The van der Waals surface area contributed by atoms with Crippen LogP contribution in [0.5, 0.6) is 11.5 Å². The number of nitrogens with zero attached hydrogens (tertiary/aromatic N) is 1. The van der Waals surface area contributed by atoms with E-state index in [0.717, 1.165) is 5.56 Å². The third kappa shape index (κ3) is 2.10. The fourth-order valence-electron chi connectivity index (χ4n) is 1.75. The minimum Gasteiger partial charge on any atom is -0.493 e. The van der Waals surface area contributed by atoms with Crippen LogP contribution in [0.2, 0.25) is 0 Å². The second kappa shape index (κ2) is 4.58. The molecule has 0 amide bonds. The minimum atomic E-state index is -1.08. The number of hydrogen-bond acceptors (Lipinski definition) is 6. The van der Waals surface area contributed by atoms with Gasteiger partial charge in [0.2, 0.25) is 5.79 Å². The second-order valence-corrected chi connectivity index (χ2v) is 3.85. The van der Waals surface area contributed by atoms with Crippen molar-refractivity contribution >= 4 is 5.84 Å². The van der Waals surface area contributed by atoms with Crippen LogP contribution in [0, 0.1) is 0 Å². The fourth-order valence-corrected chi connectivity index (χ4v) is 1.75. The Hall–Kier alpha value is -2.21. The topological polar surface area (TPSA) is 94.9 Å². The highest BCUT2D eigenvalue weighted by Crippen LogP contribution is 2.31. The average molecular weight is 248 g/mol. The van der Waals surface area contributed by atoms with Gasteiger partial charge in [-0.2, -0.15) is 0 Å². The second-order valence-electron chi connectivity index (χ2n) is 3.85. The van der Waals surface area contributed by atoms with E-state index in [1.54, 1.807) is 38.6 Å². The largest absolute Gasteiger partial charge is 0.493 e. The van der Waals surface area contributed by atoms with Crippen molar-refractivity contribution in [3.63, 3.8) is 0 Å². The van der Waals surface area contributed by atoms with Crippen molar-refractivity contribution in [1.29, 1.82) is 0 Å². The van der Waals surface area contributed by atoms with E-state index in [9.17, 15) is 0 Å². The third-order valence-electron chi connectivity index (χ3n) is 2.69. The maximum Gasteiger partial charge on any atom is 0.211 e. The van der Waals surface area contributed by atoms with Crippen molar-refractivity contribution < 1.29 is 9.47 Å². The third-order valence-corrected chi connectivity index (χ3v) is 2.69. The fraction of sp³-hybridized carbons (Fsp3) is 0.250. The van der Waals surface area contributed by atoms with Gasteiger partial charge in [-0.3, -0.25) is 5.73 Å². The smallest absolute Gasteiger partial charge is 0.211 e. The lowest BCUT2D eigenvalue weighted by Crippen LogP contribution is -2.49. The van der Waals surface area contributed by atoms with Crippen LogP contribution in [-0.4, -0.2) is 20.1 Å². The number of methoxy groups -OCH3 is 2. The number of nitrogens with one attached hydrogen (secondary N) is 1. The summed E-state index contributed by atoms with van der Waals surface area (Å²) in [7, 11) is 3.14. The summed E-state index contributed by atoms with van der Waals surface area (Å²) in [5.74, 6) is 0.502. The zero-order valence-electron chi connectivity index (χ0n) is 10.3. The van der Waals surface area contributed by atoms with Gasteiger partial charge in [0.15, 0.2) is 11.5 Å². The van der Waals surface area contributed by atoms with E-state index >= 15 is 0 Å². The van der Waals surface area contributed by atoms with E-state index in [2.05, 4.69) is 10.3 Å². The highest BCUT2D eigenvalue weighted by atomic mass is 16.5. The summed E-state index contributed by atoms with van der Waals surface area (Å²) in [4.78, 5) is 4.19. The number of rotatable bonds is 3. The van der Waals surface area contributed by atoms with Gasteiger partial charge in [0, 0.05) is 11.8 Å². The lowest BCUT2D eigenvalue weighted by Gasteiger charge is -2.29. The van der Waals surface area contributed by atoms with Crippen LogP contribution < -0.4 is 26.3 Å². The summed E-state index contributed by atoms with van der Waals surface area (Å²) in [6.07, 6.45) is 3.31. The molecule has 2 rings (SSSR count). The lowest BCUT2D eigenvalue weighted by molar-refractivity contribution is 0.350. The zero-order valence-corrected chi connectivity index (χ0v) is 10.3. The molecule has 6 nitrogen and oxygen atoms in total. The Morgan fingerprint density at radius 1 is 1.22 bits per heavy atom. The van der Waals surface area contributed by atoms with Crippen LogP contribution >= 0.6 is 0 Å². The van der Waals surface area contributed by atoms with Gasteiger partial charge < -0.3 is 20.5 Å². The summed E-state index contributed by atoms with van der Waals surface area (Å²) in [5, 5.41) is 2.96. The number of ether oxygens (including phenoxy) is 2. The van der Waals surface area contributed by atoms with Crippen LogP contribution in [0.25, 0.3) is 0 Å². The molecule has 0 aromatic heterocycles. The Kier molecular flexibility index (Phi) is 3.12. The summed E-state index contributed by atoms with van der Waals surface area (Å²) < 4.78 is 10.4. The number of aliphatic imine (C=N–C) groups is 1. The first-order valence-corrected chi connectivity index (χ1v) is 5.40. The molecule has 18 heavy (non-hydrogen) atoms. The van der Waals surface area contributed by atoms with Gasteiger partial charge in [-0.25, -0.2) is 4.99 Å². The molecule has 96 valence electrons. The molecular formula is C12H16N4O2. The molecule has 1 aromatic rings. The van der Waals surface area contributed by atoms with Gasteiger partial charge in [-0.1, -0.05) is 0 Å². The van der Waals surface area contributed by atoms with E-state index < -0.39 is 5.79 Å². The molecule has 1 aliphatic heterocycles. The Morgan fingerprint density at radius 2 is 1.94 bits per heavy atom. The minimum absolute atomic E-state index is 0.367. The molecule has 0 fully saturated rings. The van der Waals surface area contributed by atoms with Gasteiger partial charge in [-0.05, 0) is 24.3 Å². The van der Waals surface area contributed by atoms with Gasteiger partial charge in [0.25, 0.3) is 0 Å². The predicted octanol–water partition coefficient (Wildman–Crippen LogP) is 0.247. The summed E-state index contributed by atoms with van der Waals surface area (Å²) >= 11 is 0. The van der Waals surface area contributed by atoms with Crippen molar-refractivity contribution in [3.05, 3.63) is 36.0 Å². The van der Waals surface area contributed by atoms with E-state index in [4.69, 9.17) is 20.9 Å². The number of benzene rings is 1. The maximum atomic E-state index is 6.16. The first-order valence-electron chi connectivity index (χ1n) is 5.40. The number of amidine groups is 1. The summed E-state index contributed by atoms with van der Waals surface area (Å²) in [6, 6.07) is 5.35. The Morgan fingerprint density at radius 3 is 2.56 bits per heavy atom. The van der Waals surface area contributed by atoms with E-state index in [-0.39, 0.29) is 0 Å². The molecular weight excluding hydrogens is 232 g/mol. The van der Waals surface area contributed by atoms with Crippen molar-refractivity contribution in [3.8, 4) is 11.5 Å². The zero-order chi connectivity index (χ0) is 13.2.